The molecule has 1 rings (SSSR count). The molecule has 0 saturated carbocycles. The second-order valence-electron chi connectivity index (χ2n) is 3.81. The minimum atomic E-state index is -1.30. The van der Waals surface area contributed by atoms with Gasteiger partial charge in [-0.1, -0.05) is 20.3 Å². The van der Waals surface area contributed by atoms with E-state index in [0.717, 1.165) is 0 Å². The van der Waals surface area contributed by atoms with Gasteiger partial charge >= 0.3 is 5.97 Å². The molecule has 2 unspecified atom stereocenters. The number of rotatable bonds is 3. The fourth-order valence-electron chi connectivity index (χ4n) is 1.86. The zero-order valence-corrected chi connectivity index (χ0v) is 8.58. The third-order valence-electron chi connectivity index (χ3n) is 3.14. The van der Waals surface area contributed by atoms with Crippen molar-refractivity contribution >= 4 is 11.8 Å². The number of carbonyl (C=O) groups is 2. The summed E-state index contributed by atoms with van der Waals surface area (Å²) in [5.41, 5.74) is -1.30. The highest BCUT2D eigenvalue weighted by atomic mass is 16.5. The Bertz CT molecular complexity index is 249. The van der Waals surface area contributed by atoms with Crippen LogP contribution >= 0.6 is 0 Å². The molecule has 0 aromatic heterocycles. The molecular weight excluding hydrogens is 184 g/mol. The van der Waals surface area contributed by atoms with E-state index in [0.29, 0.717) is 13.0 Å². The van der Waals surface area contributed by atoms with Gasteiger partial charge in [0.05, 0.1) is 13.2 Å². The molecule has 0 aromatic carbocycles. The molecular formula is C10H16O4. The zero-order valence-electron chi connectivity index (χ0n) is 8.58. The molecule has 0 spiro atoms. The number of ether oxygens (including phenoxy) is 1. The third kappa shape index (κ3) is 1.54. The van der Waals surface area contributed by atoms with Gasteiger partial charge in [-0.05, 0) is 5.92 Å². The predicted octanol–water partition coefficient (Wildman–Crippen LogP) is 1.09. The number of carbonyl (C=O) groups excluding carboxylic acids is 1. The Morgan fingerprint density at radius 2 is 2.36 bits per heavy atom. The van der Waals surface area contributed by atoms with E-state index in [1.165, 1.54) is 0 Å². The summed E-state index contributed by atoms with van der Waals surface area (Å²) in [5.74, 6) is -1.41. The van der Waals surface area contributed by atoms with Gasteiger partial charge in [-0.2, -0.15) is 0 Å². The van der Waals surface area contributed by atoms with E-state index in [-0.39, 0.29) is 24.7 Å². The minimum absolute atomic E-state index is 0.0240. The van der Waals surface area contributed by atoms with E-state index in [1.807, 2.05) is 6.92 Å². The summed E-state index contributed by atoms with van der Waals surface area (Å²) in [5, 5.41) is 9.16. The monoisotopic (exact) mass is 200 g/mol. The van der Waals surface area contributed by atoms with E-state index in [1.54, 1.807) is 6.92 Å². The number of hydrogen-bond acceptors (Lipinski definition) is 3. The summed E-state index contributed by atoms with van der Waals surface area (Å²) in [7, 11) is 0. The highest BCUT2D eigenvalue weighted by molar-refractivity contribution is 6.04. The normalized spacial score (nSPS) is 30.0. The second-order valence-corrected chi connectivity index (χ2v) is 3.81. The quantitative estimate of drug-likeness (QED) is 0.693. The van der Waals surface area contributed by atoms with E-state index >= 15 is 0 Å². The first-order valence-electron chi connectivity index (χ1n) is 4.90. The Balaban J connectivity index is 3.01. The van der Waals surface area contributed by atoms with Crippen LogP contribution in [0.2, 0.25) is 0 Å². The molecule has 2 atom stereocenters. The molecule has 1 N–H and O–H groups in total. The van der Waals surface area contributed by atoms with Gasteiger partial charge in [-0.15, -0.1) is 0 Å². The van der Waals surface area contributed by atoms with Crippen molar-refractivity contribution < 1.29 is 19.4 Å². The van der Waals surface area contributed by atoms with Gasteiger partial charge in [0.1, 0.15) is 0 Å². The van der Waals surface area contributed by atoms with Crippen molar-refractivity contribution in [3.8, 4) is 0 Å². The Labute approximate surface area is 83.2 Å². The standard InChI is InChI=1S/C10H16O4/c1-3-7(2)10(9(12)13)6-14-5-4-8(10)11/h7H,3-6H2,1-2H3,(H,12,13). The van der Waals surface area contributed by atoms with Crippen LogP contribution in [0.4, 0.5) is 0 Å². The maximum absolute atomic E-state index is 11.7. The first kappa shape index (κ1) is 11.2. The Kier molecular flexibility index (Phi) is 3.26. The summed E-state index contributed by atoms with van der Waals surface area (Å²) in [4.78, 5) is 22.9. The van der Waals surface area contributed by atoms with Crippen LogP contribution in [0.15, 0.2) is 0 Å². The van der Waals surface area contributed by atoms with Crippen LogP contribution in [0.5, 0.6) is 0 Å². The van der Waals surface area contributed by atoms with Crippen LogP contribution in [-0.4, -0.2) is 30.1 Å². The van der Waals surface area contributed by atoms with Crippen LogP contribution in [0.25, 0.3) is 0 Å². The Hall–Kier alpha value is -0.900. The van der Waals surface area contributed by atoms with E-state index < -0.39 is 11.4 Å². The maximum Gasteiger partial charge on any atom is 0.319 e. The maximum atomic E-state index is 11.7. The second kappa shape index (κ2) is 4.09. The first-order chi connectivity index (χ1) is 6.55. The number of ketones is 1. The van der Waals surface area contributed by atoms with Crippen molar-refractivity contribution in [3.05, 3.63) is 0 Å². The molecule has 4 nitrogen and oxygen atoms in total. The number of hydrogen-bond donors (Lipinski definition) is 1. The van der Waals surface area contributed by atoms with Gasteiger partial charge < -0.3 is 9.84 Å². The smallest absolute Gasteiger partial charge is 0.319 e. The molecule has 0 aromatic rings. The summed E-state index contributed by atoms with van der Waals surface area (Å²) in [6, 6.07) is 0. The summed E-state index contributed by atoms with van der Waals surface area (Å²) in [6.07, 6.45) is 0.887. The molecule has 1 aliphatic heterocycles. The first-order valence-corrected chi connectivity index (χ1v) is 4.90. The molecule has 0 radical (unpaired) electrons. The van der Waals surface area contributed by atoms with Gasteiger partial charge in [0.15, 0.2) is 11.2 Å². The average Bonchev–Trinajstić information content (AvgIpc) is 2.17. The molecule has 0 amide bonds. The van der Waals surface area contributed by atoms with Gasteiger partial charge in [0, 0.05) is 6.42 Å². The molecule has 1 heterocycles. The minimum Gasteiger partial charge on any atom is -0.480 e. The van der Waals surface area contributed by atoms with Crippen molar-refractivity contribution in [2.45, 2.75) is 26.7 Å². The van der Waals surface area contributed by atoms with Crippen molar-refractivity contribution in [1.82, 2.24) is 0 Å². The summed E-state index contributed by atoms with van der Waals surface area (Å²) < 4.78 is 5.14. The number of carboxylic acid groups (broad SMARTS) is 1. The number of aliphatic carboxylic acids is 1. The van der Waals surface area contributed by atoms with Crippen LogP contribution in [0.1, 0.15) is 26.7 Å². The lowest BCUT2D eigenvalue weighted by Crippen LogP contribution is -2.51. The van der Waals surface area contributed by atoms with E-state index in [2.05, 4.69) is 0 Å². The topological polar surface area (TPSA) is 63.6 Å². The number of carboxylic acids is 1. The van der Waals surface area contributed by atoms with Crippen molar-refractivity contribution in [3.63, 3.8) is 0 Å². The van der Waals surface area contributed by atoms with Crippen molar-refractivity contribution in [2.24, 2.45) is 11.3 Å². The predicted molar refractivity (Wildman–Crippen MR) is 50.0 cm³/mol. The fourth-order valence-corrected chi connectivity index (χ4v) is 1.86. The molecule has 1 fully saturated rings. The molecule has 1 saturated heterocycles. The molecule has 80 valence electrons. The van der Waals surface area contributed by atoms with Crippen molar-refractivity contribution in [1.29, 1.82) is 0 Å². The number of Topliss-reactive ketones (excluding diaryl/α,β-unsaturated/α-hetero) is 1. The molecule has 4 heteroatoms. The Morgan fingerprint density at radius 1 is 1.71 bits per heavy atom. The lowest BCUT2D eigenvalue weighted by molar-refractivity contribution is -0.169. The zero-order chi connectivity index (χ0) is 10.8. The fraction of sp³-hybridized carbons (Fsp3) is 0.800. The lowest BCUT2D eigenvalue weighted by Gasteiger charge is -2.36. The van der Waals surface area contributed by atoms with E-state index in [9.17, 15) is 9.59 Å². The average molecular weight is 200 g/mol. The molecule has 1 aliphatic rings. The van der Waals surface area contributed by atoms with Crippen LogP contribution in [0, 0.1) is 11.3 Å². The van der Waals surface area contributed by atoms with Gasteiger partial charge in [0.25, 0.3) is 0 Å². The third-order valence-corrected chi connectivity index (χ3v) is 3.14. The largest absolute Gasteiger partial charge is 0.480 e. The SMILES string of the molecule is CCC(C)C1(C(=O)O)COCCC1=O. The lowest BCUT2D eigenvalue weighted by atomic mass is 9.70. The molecule has 0 aliphatic carbocycles. The van der Waals surface area contributed by atoms with Crippen molar-refractivity contribution in [2.75, 3.05) is 13.2 Å². The highest BCUT2D eigenvalue weighted by Crippen LogP contribution is 2.35. The van der Waals surface area contributed by atoms with Crippen LogP contribution in [0.3, 0.4) is 0 Å². The highest BCUT2D eigenvalue weighted by Gasteiger charge is 2.51. The van der Waals surface area contributed by atoms with Gasteiger partial charge in [0.2, 0.25) is 0 Å². The molecule has 0 bridgehead atoms. The Morgan fingerprint density at radius 3 is 2.79 bits per heavy atom. The molecule has 14 heavy (non-hydrogen) atoms. The summed E-state index contributed by atoms with van der Waals surface area (Å²) in [6.45, 7) is 4.05. The van der Waals surface area contributed by atoms with E-state index in [4.69, 9.17) is 9.84 Å². The van der Waals surface area contributed by atoms with Gasteiger partial charge in [-0.3, -0.25) is 9.59 Å². The summed E-state index contributed by atoms with van der Waals surface area (Å²) >= 11 is 0. The van der Waals surface area contributed by atoms with Crippen LogP contribution in [-0.2, 0) is 14.3 Å². The van der Waals surface area contributed by atoms with Gasteiger partial charge in [-0.25, -0.2) is 0 Å². The van der Waals surface area contributed by atoms with Crippen LogP contribution < -0.4 is 0 Å².